The fourth-order valence-corrected chi connectivity index (χ4v) is 3.40. The number of carbonyl (C=O) groups excluding carboxylic acids is 1. The van der Waals surface area contributed by atoms with E-state index in [9.17, 15) is 26.2 Å². The smallest absolute Gasteiger partial charge is 0.295 e. The van der Waals surface area contributed by atoms with Crippen molar-refractivity contribution in [3.8, 4) is 0 Å². The summed E-state index contributed by atoms with van der Waals surface area (Å²) in [6.45, 7) is 1.22. The lowest BCUT2D eigenvalue weighted by Crippen LogP contribution is -2.09. The largest absolute Gasteiger partial charge is 0.397 e. The van der Waals surface area contributed by atoms with Gasteiger partial charge in [0.05, 0.1) is 16.3 Å². The number of nitrogens with one attached hydrogen (secondary N) is 1. The summed E-state index contributed by atoms with van der Waals surface area (Å²) in [6, 6.07) is 4.11. The zero-order valence-electron chi connectivity index (χ0n) is 11.6. The molecule has 1 amide bonds. The first-order chi connectivity index (χ1) is 10.4. The summed E-state index contributed by atoms with van der Waals surface area (Å²) in [5.74, 6) is -0.447. The molecular formula is C12H12N2O7S2. The predicted molar refractivity (Wildman–Crippen MR) is 82.3 cm³/mol. The first kappa shape index (κ1) is 17.1. The van der Waals surface area contributed by atoms with E-state index in [1.54, 1.807) is 0 Å². The van der Waals surface area contributed by atoms with E-state index in [4.69, 9.17) is 10.3 Å². The van der Waals surface area contributed by atoms with E-state index < -0.39 is 35.9 Å². The van der Waals surface area contributed by atoms with Gasteiger partial charge in [-0.25, -0.2) is 0 Å². The topological polar surface area (TPSA) is 164 Å². The van der Waals surface area contributed by atoms with Crippen LogP contribution in [-0.4, -0.2) is 31.8 Å². The van der Waals surface area contributed by atoms with Crippen molar-refractivity contribution >= 4 is 48.3 Å². The van der Waals surface area contributed by atoms with Crippen LogP contribution in [0.15, 0.2) is 34.1 Å². The third-order valence-electron chi connectivity index (χ3n) is 3.00. The standard InChI is InChI=1S/C12H12N2O7S2/c1-6(15)14-10-3-2-8-9(12(10)13)4-7(22(16,17)18)5-11(8)23(19,20)21/h2-5H,13H2,1H3,(H,14,15)(H,16,17,18)(H,19,20,21). The maximum absolute atomic E-state index is 11.5. The Morgan fingerprint density at radius 1 is 1.04 bits per heavy atom. The van der Waals surface area contributed by atoms with Crippen molar-refractivity contribution < 1.29 is 30.7 Å². The number of nitrogens with two attached hydrogens (primary N) is 1. The Morgan fingerprint density at radius 3 is 2.13 bits per heavy atom. The number of fused-ring (bicyclic) bond motifs is 1. The first-order valence-corrected chi connectivity index (χ1v) is 8.88. The molecule has 124 valence electrons. The number of amides is 1. The van der Waals surface area contributed by atoms with Gasteiger partial charge in [0.25, 0.3) is 20.2 Å². The van der Waals surface area contributed by atoms with Gasteiger partial charge in [-0.2, -0.15) is 16.8 Å². The van der Waals surface area contributed by atoms with Crippen molar-refractivity contribution in [2.24, 2.45) is 0 Å². The van der Waals surface area contributed by atoms with Crippen LogP contribution in [0, 0.1) is 0 Å². The lowest BCUT2D eigenvalue weighted by atomic mass is 10.1. The van der Waals surface area contributed by atoms with Crippen molar-refractivity contribution in [3.63, 3.8) is 0 Å². The van der Waals surface area contributed by atoms with Gasteiger partial charge in [0.2, 0.25) is 5.91 Å². The second-order valence-corrected chi connectivity index (χ2v) is 7.49. The SMILES string of the molecule is CC(=O)Nc1ccc2c(S(=O)(=O)O)cc(S(=O)(=O)O)cc2c1N. The molecule has 2 aromatic rings. The fraction of sp³-hybridized carbons (Fsp3) is 0.0833. The molecule has 0 aliphatic heterocycles. The minimum absolute atomic E-state index is 0.0634. The Labute approximate surface area is 131 Å². The Hall–Kier alpha value is -2.21. The van der Waals surface area contributed by atoms with Crippen molar-refractivity contribution in [3.05, 3.63) is 24.3 Å². The number of rotatable bonds is 3. The third-order valence-corrected chi connectivity index (χ3v) is 4.72. The van der Waals surface area contributed by atoms with E-state index in [-0.39, 0.29) is 22.1 Å². The van der Waals surface area contributed by atoms with Gasteiger partial charge in [-0.3, -0.25) is 13.9 Å². The van der Waals surface area contributed by atoms with Gasteiger partial charge in [0.15, 0.2) is 0 Å². The molecule has 23 heavy (non-hydrogen) atoms. The highest BCUT2D eigenvalue weighted by atomic mass is 32.2. The predicted octanol–water partition coefficient (Wildman–Crippen LogP) is 0.874. The molecule has 0 unspecified atom stereocenters. The second kappa shape index (κ2) is 5.45. The highest BCUT2D eigenvalue weighted by Crippen LogP contribution is 2.34. The van der Waals surface area contributed by atoms with Crippen molar-refractivity contribution in [1.29, 1.82) is 0 Å². The fourth-order valence-electron chi connectivity index (χ4n) is 2.06. The molecule has 0 spiro atoms. The van der Waals surface area contributed by atoms with E-state index in [0.29, 0.717) is 6.07 Å². The van der Waals surface area contributed by atoms with Gasteiger partial charge in [0, 0.05) is 17.7 Å². The number of benzene rings is 2. The average Bonchev–Trinajstić information content (AvgIpc) is 2.38. The summed E-state index contributed by atoms with van der Waals surface area (Å²) in [5.41, 5.74) is 5.83. The van der Waals surface area contributed by atoms with Crippen LogP contribution >= 0.6 is 0 Å². The van der Waals surface area contributed by atoms with Crippen LogP contribution in [0.5, 0.6) is 0 Å². The summed E-state index contributed by atoms with van der Waals surface area (Å²) < 4.78 is 63.9. The van der Waals surface area contributed by atoms with E-state index in [1.807, 2.05) is 0 Å². The summed E-state index contributed by atoms with van der Waals surface area (Å²) in [7, 11) is -9.53. The van der Waals surface area contributed by atoms with Gasteiger partial charge >= 0.3 is 0 Å². The molecule has 0 fully saturated rings. The molecule has 0 bridgehead atoms. The minimum Gasteiger partial charge on any atom is -0.397 e. The Morgan fingerprint density at radius 2 is 1.65 bits per heavy atom. The molecule has 2 rings (SSSR count). The molecule has 0 aromatic heterocycles. The molecule has 0 saturated heterocycles. The second-order valence-electron chi connectivity index (χ2n) is 4.67. The number of hydrogen-bond acceptors (Lipinski definition) is 6. The molecule has 0 heterocycles. The lowest BCUT2D eigenvalue weighted by molar-refractivity contribution is -0.114. The van der Waals surface area contributed by atoms with Gasteiger partial charge in [-0.05, 0) is 18.2 Å². The number of hydrogen-bond donors (Lipinski definition) is 4. The summed E-state index contributed by atoms with van der Waals surface area (Å²) in [6.07, 6.45) is 0. The summed E-state index contributed by atoms with van der Waals surface area (Å²) in [4.78, 5) is 9.62. The molecule has 0 aliphatic rings. The van der Waals surface area contributed by atoms with Gasteiger partial charge in [-0.1, -0.05) is 6.07 Å². The van der Waals surface area contributed by atoms with Crippen LogP contribution in [0.2, 0.25) is 0 Å². The van der Waals surface area contributed by atoms with Crippen molar-refractivity contribution in [1.82, 2.24) is 0 Å². The van der Waals surface area contributed by atoms with E-state index in [0.717, 1.165) is 6.07 Å². The maximum Gasteiger partial charge on any atom is 0.295 e. The zero-order valence-corrected chi connectivity index (χ0v) is 13.3. The Balaban J connectivity index is 2.97. The van der Waals surface area contributed by atoms with E-state index in [2.05, 4.69) is 5.32 Å². The van der Waals surface area contributed by atoms with Gasteiger partial charge < -0.3 is 11.1 Å². The van der Waals surface area contributed by atoms with Gasteiger partial charge in [0.1, 0.15) is 4.90 Å². The molecule has 0 saturated carbocycles. The zero-order chi connectivity index (χ0) is 17.6. The molecule has 11 heteroatoms. The van der Waals surface area contributed by atoms with Crippen LogP contribution in [0.25, 0.3) is 10.8 Å². The molecular weight excluding hydrogens is 348 g/mol. The van der Waals surface area contributed by atoms with Crippen molar-refractivity contribution in [2.75, 3.05) is 11.1 Å². The highest BCUT2D eigenvalue weighted by Gasteiger charge is 2.22. The van der Waals surface area contributed by atoms with Gasteiger partial charge in [-0.15, -0.1) is 0 Å². The molecule has 5 N–H and O–H groups in total. The Bertz CT molecular complexity index is 1030. The first-order valence-electron chi connectivity index (χ1n) is 6.00. The van der Waals surface area contributed by atoms with Crippen LogP contribution in [0.4, 0.5) is 11.4 Å². The van der Waals surface area contributed by atoms with Crippen LogP contribution < -0.4 is 11.1 Å². The number of carbonyl (C=O) groups is 1. The highest BCUT2D eigenvalue weighted by molar-refractivity contribution is 7.86. The summed E-state index contributed by atoms with van der Waals surface area (Å²) >= 11 is 0. The van der Waals surface area contributed by atoms with Crippen LogP contribution in [0.1, 0.15) is 6.92 Å². The maximum atomic E-state index is 11.5. The average molecular weight is 360 g/mol. The quantitative estimate of drug-likeness (QED) is 0.462. The molecule has 0 radical (unpaired) electrons. The normalized spacial score (nSPS) is 12.3. The number of anilines is 2. The van der Waals surface area contributed by atoms with E-state index >= 15 is 0 Å². The molecule has 0 aliphatic carbocycles. The van der Waals surface area contributed by atoms with Crippen LogP contribution in [-0.2, 0) is 25.0 Å². The van der Waals surface area contributed by atoms with E-state index in [1.165, 1.54) is 19.1 Å². The van der Waals surface area contributed by atoms with Crippen LogP contribution in [0.3, 0.4) is 0 Å². The van der Waals surface area contributed by atoms with Crippen molar-refractivity contribution in [2.45, 2.75) is 16.7 Å². The minimum atomic E-state index is -4.78. The Kier molecular flexibility index (Phi) is 4.07. The lowest BCUT2D eigenvalue weighted by Gasteiger charge is -2.12. The monoisotopic (exact) mass is 360 g/mol. The third kappa shape index (κ3) is 3.42. The number of nitrogen functional groups attached to an aromatic ring is 1. The molecule has 9 nitrogen and oxygen atoms in total. The molecule has 2 aromatic carbocycles. The summed E-state index contributed by atoms with van der Waals surface area (Å²) in [5, 5.41) is 2.26. The molecule has 0 atom stereocenters.